The lowest BCUT2D eigenvalue weighted by molar-refractivity contribution is -0.148. The monoisotopic (exact) mass is 270 g/mol. The van der Waals surface area contributed by atoms with Crippen molar-refractivity contribution in [1.29, 1.82) is 0 Å². The van der Waals surface area contributed by atoms with E-state index in [0.29, 0.717) is 12.3 Å². The van der Waals surface area contributed by atoms with Gasteiger partial charge in [0.25, 0.3) is 0 Å². The molecule has 0 radical (unpaired) electrons. The van der Waals surface area contributed by atoms with Crippen molar-refractivity contribution in [3.63, 3.8) is 0 Å². The fraction of sp³-hybridized carbons (Fsp3) is 0.857. The maximum atomic E-state index is 12.1. The molecule has 3 unspecified atom stereocenters. The van der Waals surface area contributed by atoms with Crippen LogP contribution in [0.2, 0.25) is 0 Å². The summed E-state index contributed by atoms with van der Waals surface area (Å²) < 4.78 is 0. The summed E-state index contributed by atoms with van der Waals surface area (Å²) in [7, 11) is 0. The molecule has 5 nitrogen and oxygen atoms in total. The minimum Gasteiger partial charge on any atom is -0.481 e. The van der Waals surface area contributed by atoms with Crippen LogP contribution < -0.4 is 10.6 Å². The molecule has 1 amide bonds. The van der Waals surface area contributed by atoms with Crippen LogP contribution in [-0.4, -0.2) is 36.1 Å². The maximum Gasteiger partial charge on any atom is 0.311 e. The Hall–Kier alpha value is -1.10. The number of amides is 1. The summed E-state index contributed by atoms with van der Waals surface area (Å²) in [5.74, 6) is -0.341. The highest BCUT2D eigenvalue weighted by Gasteiger charge is 2.33. The van der Waals surface area contributed by atoms with E-state index in [0.717, 1.165) is 25.8 Å². The number of nitrogens with one attached hydrogen (secondary N) is 2. The number of piperidine rings is 1. The molecule has 0 aliphatic carbocycles. The molecule has 1 aliphatic rings. The van der Waals surface area contributed by atoms with E-state index in [1.54, 1.807) is 6.92 Å². The standard InChI is InChI=1S/C14H26N2O3/c1-4-10-6-7-15-11(8-10)12(17)16-9-14(3,5-2)13(18)19/h10-11,15H,4-9H2,1-3H3,(H,16,17)(H,18,19). The first kappa shape index (κ1) is 16.0. The van der Waals surface area contributed by atoms with Gasteiger partial charge in [-0.05, 0) is 38.6 Å². The highest BCUT2D eigenvalue weighted by atomic mass is 16.4. The SMILES string of the molecule is CCC1CCNC(C(=O)NCC(C)(CC)C(=O)O)C1. The fourth-order valence-electron chi connectivity index (χ4n) is 2.32. The Kier molecular flexibility index (Phi) is 5.79. The van der Waals surface area contributed by atoms with E-state index in [1.807, 2.05) is 6.92 Å². The fourth-order valence-corrected chi connectivity index (χ4v) is 2.32. The molecule has 0 spiro atoms. The minimum atomic E-state index is -0.880. The van der Waals surface area contributed by atoms with Gasteiger partial charge in [0, 0.05) is 6.54 Å². The third-order valence-electron chi connectivity index (χ3n) is 4.36. The number of rotatable bonds is 6. The molecule has 0 aromatic carbocycles. The molecule has 19 heavy (non-hydrogen) atoms. The smallest absolute Gasteiger partial charge is 0.311 e. The van der Waals surface area contributed by atoms with Gasteiger partial charge in [0.1, 0.15) is 0 Å². The summed E-state index contributed by atoms with van der Waals surface area (Å²) in [6, 6.07) is -0.173. The van der Waals surface area contributed by atoms with Crippen molar-refractivity contribution < 1.29 is 14.7 Å². The lowest BCUT2D eigenvalue weighted by Gasteiger charge is -2.30. The van der Waals surface area contributed by atoms with E-state index < -0.39 is 11.4 Å². The van der Waals surface area contributed by atoms with Crippen molar-refractivity contribution in [2.45, 2.75) is 52.5 Å². The molecule has 0 saturated carbocycles. The molecule has 0 bridgehead atoms. The summed E-state index contributed by atoms with van der Waals surface area (Å²) in [6.45, 7) is 6.68. The van der Waals surface area contributed by atoms with Crippen LogP contribution in [0, 0.1) is 11.3 Å². The van der Waals surface area contributed by atoms with Gasteiger partial charge in [0.2, 0.25) is 5.91 Å². The van der Waals surface area contributed by atoms with E-state index in [-0.39, 0.29) is 18.5 Å². The topological polar surface area (TPSA) is 78.4 Å². The summed E-state index contributed by atoms with van der Waals surface area (Å²) in [5, 5.41) is 15.2. The Morgan fingerprint density at radius 3 is 2.63 bits per heavy atom. The Morgan fingerprint density at radius 1 is 1.42 bits per heavy atom. The van der Waals surface area contributed by atoms with Crippen molar-refractivity contribution in [3.05, 3.63) is 0 Å². The van der Waals surface area contributed by atoms with Gasteiger partial charge in [-0.1, -0.05) is 20.3 Å². The molecule has 0 aromatic heterocycles. The third-order valence-corrected chi connectivity index (χ3v) is 4.36. The first-order valence-corrected chi connectivity index (χ1v) is 7.17. The maximum absolute atomic E-state index is 12.1. The largest absolute Gasteiger partial charge is 0.481 e. The number of hydrogen-bond donors (Lipinski definition) is 3. The van der Waals surface area contributed by atoms with Gasteiger partial charge in [-0.15, -0.1) is 0 Å². The molecule has 1 rings (SSSR count). The zero-order chi connectivity index (χ0) is 14.5. The van der Waals surface area contributed by atoms with Gasteiger partial charge < -0.3 is 15.7 Å². The molecular weight excluding hydrogens is 244 g/mol. The van der Waals surface area contributed by atoms with Crippen molar-refractivity contribution in [2.24, 2.45) is 11.3 Å². The van der Waals surface area contributed by atoms with Crippen LogP contribution in [0.1, 0.15) is 46.5 Å². The van der Waals surface area contributed by atoms with Crippen molar-refractivity contribution in [1.82, 2.24) is 10.6 Å². The van der Waals surface area contributed by atoms with Gasteiger partial charge in [-0.3, -0.25) is 9.59 Å². The summed E-state index contributed by atoms with van der Waals surface area (Å²) in [4.78, 5) is 23.3. The van der Waals surface area contributed by atoms with Crippen LogP contribution >= 0.6 is 0 Å². The molecule has 3 atom stereocenters. The highest BCUT2D eigenvalue weighted by Crippen LogP contribution is 2.21. The Labute approximate surface area is 115 Å². The van der Waals surface area contributed by atoms with E-state index in [1.165, 1.54) is 0 Å². The summed E-state index contributed by atoms with van der Waals surface area (Å²) in [5.41, 5.74) is -0.880. The van der Waals surface area contributed by atoms with Crippen molar-refractivity contribution in [3.8, 4) is 0 Å². The van der Waals surface area contributed by atoms with Gasteiger partial charge in [0.15, 0.2) is 0 Å². The molecule has 3 N–H and O–H groups in total. The lowest BCUT2D eigenvalue weighted by Crippen LogP contribution is -2.51. The first-order chi connectivity index (χ1) is 8.92. The zero-order valence-electron chi connectivity index (χ0n) is 12.2. The van der Waals surface area contributed by atoms with E-state index in [2.05, 4.69) is 17.6 Å². The first-order valence-electron chi connectivity index (χ1n) is 7.17. The summed E-state index contributed by atoms with van der Waals surface area (Å²) in [6.07, 6.45) is 3.55. The highest BCUT2D eigenvalue weighted by molar-refractivity contribution is 5.83. The summed E-state index contributed by atoms with van der Waals surface area (Å²) >= 11 is 0. The van der Waals surface area contributed by atoms with Gasteiger partial charge in [-0.25, -0.2) is 0 Å². The van der Waals surface area contributed by atoms with Crippen molar-refractivity contribution in [2.75, 3.05) is 13.1 Å². The Morgan fingerprint density at radius 2 is 2.11 bits per heavy atom. The molecule has 1 saturated heterocycles. The average Bonchev–Trinajstić information content (AvgIpc) is 2.44. The molecule has 1 heterocycles. The van der Waals surface area contributed by atoms with Crippen LogP contribution in [-0.2, 0) is 9.59 Å². The van der Waals surface area contributed by atoms with E-state index in [4.69, 9.17) is 5.11 Å². The van der Waals surface area contributed by atoms with Gasteiger partial charge in [-0.2, -0.15) is 0 Å². The molecule has 0 aromatic rings. The number of carboxylic acid groups (broad SMARTS) is 1. The van der Waals surface area contributed by atoms with Gasteiger partial charge in [0.05, 0.1) is 11.5 Å². The Balaban J connectivity index is 2.48. The average molecular weight is 270 g/mol. The second-order valence-electron chi connectivity index (χ2n) is 5.74. The Bertz CT molecular complexity index is 333. The molecule has 1 fully saturated rings. The van der Waals surface area contributed by atoms with Crippen LogP contribution in [0.5, 0.6) is 0 Å². The lowest BCUT2D eigenvalue weighted by atomic mass is 9.87. The van der Waals surface area contributed by atoms with Gasteiger partial charge >= 0.3 is 5.97 Å². The molecular formula is C14H26N2O3. The second-order valence-corrected chi connectivity index (χ2v) is 5.74. The predicted molar refractivity (Wildman–Crippen MR) is 73.8 cm³/mol. The van der Waals surface area contributed by atoms with Crippen LogP contribution in [0.4, 0.5) is 0 Å². The molecule has 5 heteroatoms. The zero-order valence-corrected chi connectivity index (χ0v) is 12.2. The predicted octanol–water partition coefficient (Wildman–Crippen LogP) is 1.38. The molecule has 1 aliphatic heterocycles. The van der Waals surface area contributed by atoms with Crippen LogP contribution in [0.15, 0.2) is 0 Å². The van der Waals surface area contributed by atoms with E-state index in [9.17, 15) is 9.59 Å². The number of carbonyl (C=O) groups excluding carboxylic acids is 1. The number of carbonyl (C=O) groups is 2. The molecule has 110 valence electrons. The second kappa shape index (κ2) is 6.89. The third kappa shape index (κ3) is 4.20. The number of hydrogen-bond acceptors (Lipinski definition) is 3. The number of aliphatic carboxylic acids is 1. The van der Waals surface area contributed by atoms with Crippen LogP contribution in [0.25, 0.3) is 0 Å². The quantitative estimate of drug-likeness (QED) is 0.681. The van der Waals surface area contributed by atoms with E-state index >= 15 is 0 Å². The number of carboxylic acids is 1. The van der Waals surface area contributed by atoms with Crippen LogP contribution in [0.3, 0.4) is 0 Å². The van der Waals surface area contributed by atoms with Crippen molar-refractivity contribution >= 4 is 11.9 Å². The normalized spacial score (nSPS) is 26.5. The minimum absolute atomic E-state index is 0.0703.